The molecule has 0 bridgehead atoms. The molecule has 258 valence electrons. The first-order chi connectivity index (χ1) is 23.7. The second-order valence-corrected chi connectivity index (χ2v) is 12.4. The van der Waals surface area contributed by atoms with Gasteiger partial charge in [0.1, 0.15) is 0 Å². The number of benzene rings is 4. The Balaban J connectivity index is 0.000000224. The maximum Gasteiger partial charge on any atom is 0.272 e. The average Bonchev–Trinajstić information content (AvgIpc) is 3.48. The normalized spacial score (nSPS) is 10.5. The van der Waals surface area contributed by atoms with Crippen molar-refractivity contribution < 1.29 is 4.79 Å². The lowest BCUT2D eigenvalue weighted by Crippen LogP contribution is -2.19. The van der Waals surface area contributed by atoms with Crippen LogP contribution in [-0.2, 0) is 25.9 Å². The summed E-state index contributed by atoms with van der Waals surface area (Å²) in [6.45, 7) is 11.8. The van der Waals surface area contributed by atoms with Crippen LogP contribution in [0.25, 0.3) is 10.9 Å². The quantitative estimate of drug-likeness (QED) is 0.0932. The van der Waals surface area contributed by atoms with E-state index in [-0.39, 0.29) is 5.91 Å². The molecule has 0 aliphatic rings. The minimum Gasteiger partial charge on any atom is -0.388 e. The van der Waals surface area contributed by atoms with Crippen molar-refractivity contribution in [1.29, 1.82) is 0 Å². The lowest BCUT2D eigenvalue weighted by Gasteiger charge is -2.15. The third-order valence-electron chi connectivity index (χ3n) is 7.57. The highest BCUT2D eigenvalue weighted by Crippen LogP contribution is 2.29. The van der Waals surface area contributed by atoms with Gasteiger partial charge < -0.3 is 16.0 Å². The number of hydrogen-bond donors (Lipinski definition) is 3. The van der Waals surface area contributed by atoms with Gasteiger partial charge in [0.05, 0.1) is 12.1 Å². The van der Waals surface area contributed by atoms with Crippen molar-refractivity contribution in [1.82, 2.24) is 20.4 Å². The van der Waals surface area contributed by atoms with E-state index in [0.29, 0.717) is 27.3 Å². The van der Waals surface area contributed by atoms with Crippen molar-refractivity contribution >= 4 is 68.9 Å². The van der Waals surface area contributed by atoms with E-state index in [1.807, 2.05) is 61.5 Å². The number of amides is 1. The first kappa shape index (κ1) is 39.5. The van der Waals surface area contributed by atoms with Crippen molar-refractivity contribution in [2.75, 3.05) is 18.9 Å². The summed E-state index contributed by atoms with van der Waals surface area (Å²) < 4.78 is 1.74. The predicted molar refractivity (Wildman–Crippen MR) is 211 cm³/mol. The monoisotopic (exact) mass is 737 g/mol. The van der Waals surface area contributed by atoms with Crippen LogP contribution in [-0.4, -0.2) is 29.3 Å². The van der Waals surface area contributed by atoms with E-state index < -0.39 is 0 Å². The SMILES string of the molecule is C=CNC/C=C\C.CCc1ccccc1NCc1c(Cl)cc(Cl)cc1CC.CNC(=O)c1nn(Cc2c(Cl)cccc2Cl)c2ccccc12. The molecular weight excluding hydrogens is 696 g/mol. The van der Waals surface area contributed by atoms with Gasteiger partial charge in [0.2, 0.25) is 0 Å². The molecule has 0 radical (unpaired) electrons. The molecule has 4 aromatic carbocycles. The van der Waals surface area contributed by atoms with Crippen LogP contribution in [0.3, 0.4) is 0 Å². The summed E-state index contributed by atoms with van der Waals surface area (Å²) in [5.41, 5.74) is 6.84. The summed E-state index contributed by atoms with van der Waals surface area (Å²) in [6.07, 6.45) is 7.64. The summed E-state index contributed by atoms with van der Waals surface area (Å²) >= 11 is 24.8. The molecule has 0 spiro atoms. The first-order valence-electron chi connectivity index (χ1n) is 16.0. The molecule has 6 nitrogen and oxygen atoms in total. The molecule has 0 unspecified atom stereocenters. The van der Waals surface area contributed by atoms with Crippen LogP contribution in [0.1, 0.15) is 53.5 Å². The number of carbonyl (C=O) groups is 1. The van der Waals surface area contributed by atoms with E-state index in [0.717, 1.165) is 53.0 Å². The highest BCUT2D eigenvalue weighted by atomic mass is 35.5. The Kier molecular flexibility index (Phi) is 16.6. The van der Waals surface area contributed by atoms with Crippen LogP contribution in [0.15, 0.2) is 104 Å². The molecule has 0 atom stereocenters. The van der Waals surface area contributed by atoms with Gasteiger partial charge in [-0.05, 0) is 79.1 Å². The number of allylic oxidation sites excluding steroid dienone is 1. The van der Waals surface area contributed by atoms with Crippen molar-refractivity contribution in [3.05, 3.63) is 152 Å². The zero-order valence-corrected chi connectivity index (χ0v) is 31.3. The number of carbonyl (C=O) groups excluding carboxylic acids is 1. The first-order valence-corrected chi connectivity index (χ1v) is 17.5. The Hall–Kier alpha value is -3.94. The maximum absolute atomic E-state index is 12.0. The van der Waals surface area contributed by atoms with Gasteiger partial charge in [-0.15, -0.1) is 0 Å². The van der Waals surface area contributed by atoms with Gasteiger partial charge in [-0.25, -0.2) is 0 Å². The Labute approximate surface area is 310 Å². The number of aryl methyl sites for hydroxylation is 2. The van der Waals surface area contributed by atoms with Crippen molar-refractivity contribution in [2.24, 2.45) is 0 Å². The molecule has 1 heterocycles. The van der Waals surface area contributed by atoms with Crippen LogP contribution in [0.4, 0.5) is 5.69 Å². The Bertz CT molecular complexity index is 1850. The number of nitrogens with zero attached hydrogens (tertiary/aromatic N) is 2. The molecular formula is C39H43Cl4N5O. The fourth-order valence-corrected chi connectivity index (χ4v) is 6.11. The summed E-state index contributed by atoms with van der Waals surface area (Å²) in [7, 11) is 1.58. The van der Waals surface area contributed by atoms with E-state index in [9.17, 15) is 4.79 Å². The molecule has 0 saturated carbocycles. The minimum absolute atomic E-state index is 0.222. The molecule has 0 saturated heterocycles. The largest absolute Gasteiger partial charge is 0.388 e. The van der Waals surface area contributed by atoms with Crippen LogP contribution in [0, 0.1) is 0 Å². The number of anilines is 1. The molecule has 1 amide bonds. The number of rotatable bonds is 11. The van der Waals surface area contributed by atoms with Gasteiger partial charge in [0, 0.05) is 56.9 Å². The summed E-state index contributed by atoms with van der Waals surface area (Å²) in [4.78, 5) is 12.0. The number of aromatic nitrogens is 2. The van der Waals surface area contributed by atoms with E-state index >= 15 is 0 Å². The fourth-order valence-electron chi connectivity index (χ4n) is 4.99. The van der Waals surface area contributed by atoms with Crippen LogP contribution in [0.5, 0.6) is 0 Å². The number of nitrogens with one attached hydrogen (secondary N) is 3. The molecule has 1 aromatic heterocycles. The minimum atomic E-state index is -0.222. The van der Waals surface area contributed by atoms with Gasteiger partial charge in [0.15, 0.2) is 5.69 Å². The maximum atomic E-state index is 12.0. The van der Waals surface area contributed by atoms with E-state index in [1.54, 1.807) is 36.1 Å². The summed E-state index contributed by atoms with van der Waals surface area (Å²) in [5.74, 6) is -0.222. The predicted octanol–water partition coefficient (Wildman–Crippen LogP) is 10.8. The Morgan fingerprint density at radius 3 is 2.18 bits per heavy atom. The molecule has 10 heteroatoms. The third-order valence-corrected chi connectivity index (χ3v) is 8.84. The van der Waals surface area contributed by atoms with E-state index in [1.165, 1.54) is 16.8 Å². The zero-order chi connectivity index (χ0) is 35.8. The van der Waals surface area contributed by atoms with Crippen LogP contribution >= 0.6 is 46.4 Å². The highest BCUT2D eigenvalue weighted by Gasteiger charge is 2.17. The molecule has 5 rings (SSSR count). The van der Waals surface area contributed by atoms with Gasteiger partial charge in [-0.3, -0.25) is 9.48 Å². The molecule has 0 fully saturated rings. The lowest BCUT2D eigenvalue weighted by molar-refractivity contribution is 0.0959. The van der Waals surface area contributed by atoms with Gasteiger partial charge in [-0.2, -0.15) is 5.10 Å². The summed E-state index contributed by atoms with van der Waals surface area (Å²) in [5, 5.41) is 16.8. The van der Waals surface area contributed by atoms with E-state index in [4.69, 9.17) is 46.4 Å². The van der Waals surface area contributed by atoms with Crippen molar-refractivity contribution in [3.8, 4) is 0 Å². The number of fused-ring (bicyclic) bond motifs is 1. The van der Waals surface area contributed by atoms with Crippen LogP contribution in [0.2, 0.25) is 20.1 Å². The van der Waals surface area contributed by atoms with Crippen molar-refractivity contribution in [3.63, 3.8) is 0 Å². The second-order valence-electron chi connectivity index (χ2n) is 10.7. The third kappa shape index (κ3) is 11.3. The van der Waals surface area contributed by atoms with E-state index in [2.05, 4.69) is 59.7 Å². The summed E-state index contributed by atoms with van der Waals surface area (Å²) in [6, 6.07) is 25.1. The Morgan fingerprint density at radius 2 is 1.53 bits per heavy atom. The van der Waals surface area contributed by atoms with Crippen LogP contribution < -0.4 is 16.0 Å². The lowest BCUT2D eigenvalue weighted by atomic mass is 10.0. The number of hydrogen-bond acceptors (Lipinski definition) is 4. The van der Waals surface area contributed by atoms with Crippen molar-refractivity contribution in [2.45, 2.75) is 46.7 Å². The zero-order valence-electron chi connectivity index (χ0n) is 28.3. The second kappa shape index (κ2) is 20.5. The number of halogens is 4. The number of para-hydroxylation sites is 2. The molecule has 5 aromatic rings. The Morgan fingerprint density at radius 1 is 0.857 bits per heavy atom. The molecule has 3 N–H and O–H groups in total. The van der Waals surface area contributed by atoms with Gasteiger partial charge >= 0.3 is 0 Å². The fraction of sp³-hybridized carbons (Fsp3) is 0.231. The smallest absolute Gasteiger partial charge is 0.272 e. The topological polar surface area (TPSA) is 71.0 Å². The van der Waals surface area contributed by atoms with Gasteiger partial charge in [0.25, 0.3) is 5.91 Å². The molecule has 0 aliphatic heterocycles. The average molecular weight is 740 g/mol. The molecule has 0 aliphatic carbocycles. The van der Waals surface area contributed by atoms with Gasteiger partial charge in [-0.1, -0.05) is 121 Å². The standard InChI is InChI=1S/C17H19Cl2N.C16H13Cl2N3O.C6H11N/c1-3-12-7-5-6-8-17(12)20-11-15-13(4-2)9-14(18)10-16(15)19;1-19-16(22)15-10-5-2-3-8-14(10)21(20-15)9-11-12(17)6-4-7-13(11)18;1-3-5-6-7-4-2/h5-10,20H,3-4,11H2,1-2H3;2-8H,9H2,1H3,(H,19,22);3-5,7H,2,6H2,1H3/b;;5-3-. The highest BCUT2D eigenvalue weighted by molar-refractivity contribution is 6.36. The molecule has 49 heavy (non-hydrogen) atoms.